The zero-order chi connectivity index (χ0) is 11.6. The predicted molar refractivity (Wildman–Crippen MR) is 66.4 cm³/mol. The Morgan fingerprint density at radius 3 is 1.64 bits per heavy atom. The van der Waals surface area contributed by atoms with E-state index < -0.39 is 0 Å². The summed E-state index contributed by atoms with van der Waals surface area (Å²) in [7, 11) is 0. The van der Waals surface area contributed by atoms with Crippen molar-refractivity contribution in [3.8, 4) is 0 Å². The van der Waals surface area contributed by atoms with Crippen molar-refractivity contribution in [2.24, 2.45) is 16.7 Å². The highest BCUT2D eigenvalue weighted by Gasteiger charge is 2.26. The quantitative estimate of drug-likeness (QED) is 0.542. The molecule has 0 aliphatic heterocycles. The molecule has 0 aliphatic rings. The first kappa shape index (κ1) is 13.7. The summed E-state index contributed by atoms with van der Waals surface area (Å²) in [5.41, 5.74) is 2.24. The van der Waals surface area contributed by atoms with Crippen molar-refractivity contribution >= 4 is 0 Å². The van der Waals surface area contributed by atoms with E-state index in [4.69, 9.17) is 0 Å². The van der Waals surface area contributed by atoms with E-state index in [9.17, 15) is 0 Å². The van der Waals surface area contributed by atoms with E-state index in [1.807, 2.05) is 0 Å². The molecule has 0 saturated carbocycles. The van der Waals surface area contributed by atoms with Crippen LogP contribution in [0.15, 0.2) is 11.6 Å². The second-order valence-electron chi connectivity index (χ2n) is 6.98. The van der Waals surface area contributed by atoms with Crippen LogP contribution in [0.25, 0.3) is 0 Å². The van der Waals surface area contributed by atoms with Gasteiger partial charge in [-0.25, -0.2) is 0 Å². The zero-order valence-electron chi connectivity index (χ0n) is 11.4. The van der Waals surface area contributed by atoms with Crippen LogP contribution in [-0.4, -0.2) is 0 Å². The van der Waals surface area contributed by atoms with Gasteiger partial charge in [0.25, 0.3) is 0 Å². The number of hydrogen-bond acceptors (Lipinski definition) is 0. The maximum atomic E-state index is 2.44. The molecule has 0 saturated heterocycles. The maximum Gasteiger partial charge on any atom is -0.0177 e. The van der Waals surface area contributed by atoms with Crippen LogP contribution in [0.5, 0.6) is 0 Å². The zero-order valence-corrected chi connectivity index (χ0v) is 11.4. The molecule has 0 amide bonds. The third-order valence-electron chi connectivity index (χ3n) is 2.48. The molecule has 0 fully saturated rings. The van der Waals surface area contributed by atoms with Gasteiger partial charge in [0.05, 0.1) is 0 Å². The maximum absolute atomic E-state index is 2.44. The molecule has 1 unspecified atom stereocenters. The van der Waals surface area contributed by atoms with E-state index in [1.54, 1.807) is 0 Å². The van der Waals surface area contributed by atoms with Gasteiger partial charge in [0.1, 0.15) is 0 Å². The van der Waals surface area contributed by atoms with Crippen molar-refractivity contribution in [2.45, 2.75) is 61.8 Å². The Hall–Kier alpha value is -0.260. The Balaban J connectivity index is 4.68. The molecule has 84 valence electrons. The summed E-state index contributed by atoms with van der Waals surface area (Å²) in [5.74, 6) is 0.687. The molecule has 0 bridgehead atoms. The lowest BCUT2D eigenvalue weighted by Crippen LogP contribution is -2.24. The van der Waals surface area contributed by atoms with Gasteiger partial charge < -0.3 is 0 Å². The lowest BCUT2D eigenvalue weighted by atomic mass is 9.71. The van der Waals surface area contributed by atoms with E-state index in [0.717, 1.165) is 0 Å². The largest absolute Gasteiger partial charge is 0.0822 e. The molecule has 0 spiro atoms. The summed E-state index contributed by atoms with van der Waals surface area (Å²) in [6.45, 7) is 18.4. The fourth-order valence-electron chi connectivity index (χ4n) is 1.68. The van der Waals surface area contributed by atoms with E-state index in [-0.39, 0.29) is 0 Å². The van der Waals surface area contributed by atoms with E-state index >= 15 is 0 Å². The summed E-state index contributed by atoms with van der Waals surface area (Å²) < 4.78 is 0. The molecular formula is C14H28. The molecule has 0 N–H and O–H groups in total. The molecule has 1 atom stereocenters. The predicted octanol–water partition coefficient (Wildman–Crippen LogP) is 5.05. The third kappa shape index (κ3) is 6.23. The molecule has 0 aromatic carbocycles. The lowest BCUT2D eigenvalue weighted by Gasteiger charge is -2.34. The molecule has 0 aromatic heterocycles. The van der Waals surface area contributed by atoms with Crippen molar-refractivity contribution < 1.29 is 0 Å². The van der Waals surface area contributed by atoms with E-state index in [2.05, 4.69) is 61.5 Å². The minimum atomic E-state index is 0.380. The highest BCUT2D eigenvalue weighted by Crippen LogP contribution is 2.37. The van der Waals surface area contributed by atoms with E-state index in [0.29, 0.717) is 16.7 Å². The number of rotatable bonds is 2. The molecular weight excluding hydrogens is 168 g/mol. The van der Waals surface area contributed by atoms with Crippen molar-refractivity contribution in [1.29, 1.82) is 0 Å². The highest BCUT2D eigenvalue weighted by molar-refractivity contribution is 5.01. The third-order valence-corrected chi connectivity index (χ3v) is 2.48. The highest BCUT2D eigenvalue weighted by atomic mass is 14.3. The van der Waals surface area contributed by atoms with Gasteiger partial charge in [0.15, 0.2) is 0 Å². The Morgan fingerprint density at radius 1 is 1.00 bits per heavy atom. The van der Waals surface area contributed by atoms with Crippen LogP contribution in [0.1, 0.15) is 61.8 Å². The molecule has 0 radical (unpaired) electrons. The number of hydrogen-bond donors (Lipinski definition) is 0. The summed E-state index contributed by atoms with van der Waals surface area (Å²) in [5, 5.41) is 0. The van der Waals surface area contributed by atoms with Gasteiger partial charge in [0, 0.05) is 0 Å². The molecule has 0 heteroatoms. The van der Waals surface area contributed by atoms with Crippen LogP contribution in [0.3, 0.4) is 0 Å². The second kappa shape index (κ2) is 4.51. The summed E-state index contributed by atoms with van der Waals surface area (Å²) in [4.78, 5) is 0. The Bertz CT molecular complexity index is 191. The fraction of sp³-hybridized carbons (Fsp3) is 0.857. The van der Waals surface area contributed by atoms with E-state index in [1.165, 1.54) is 12.0 Å². The average molecular weight is 196 g/mol. The van der Waals surface area contributed by atoms with Crippen molar-refractivity contribution in [3.05, 3.63) is 11.6 Å². The molecule has 0 rings (SSSR count). The summed E-state index contributed by atoms with van der Waals surface area (Å²) >= 11 is 0. The van der Waals surface area contributed by atoms with Crippen molar-refractivity contribution in [2.75, 3.05) is 0 Å². The Labute approximate surface area is 90.8 Å². The van der Waals surface area contributed by atoms with Crippen molar-refractivity contribution in [1.82, 2.24) is 0 Å². The minimum absolute atomic E-state index is 0.380. The number of allylic oxidation sites excluding steroid dienone is 2. The van der Waals surface area contributed by atoms with Crippen LogP contribution in [0.4, 0.5) is 0 Å². The second-order valence-corrected chi connectivity index (χ2v) is 6.98. The van der Waals surface area contributed by atoms with Gasteiger partial charge >= 0.3 is 0 Å². The molecule has 0 aliphatic carbocycles. The topological polar surface area (TPSA) is 0 Å². The van der Waals surface area contributed by atoms with Crippen LogP contribution in [-0.2, 0) is 0 Å². The van der Waals surface area contributed by atoms with Crippen LogP contribution in [0.2, 0.25) is 0 Å². The van der Waals surface area contributed by atoms with Crippen LogP contribution in [0, 0.1) is 16.7 Å². The first-order valence-electron chi connectivity index (χ1n) is 5.67. The van der Waals surface area contributed by atoms with Gasteiger partial charge in [-0.15, -0.1) is 0 Å². The minimum Gasteiger partial charge on any atom is -0.0822 e. The van der Waals surface area contributed by atoms with Gasteiger partial charge in [-0.3, -0.25) is 0 Å². The first-order valence-corrected chi connectivity index (χ1v) is 5.67. The molecule has 14 heavy (non-hydrogen) atoms. The van der Waals surface area contributed by atoms with Gasteiger partial charge in [-0.2, -0.15) is 0 Å². The smallest absolute Gasteiger partial charge is 0.0177 e. The van der Waals surface area contributed by atoms with Crippen molar-refractivity contribution in [3.63, 3.8) is 0 Å². The Kier molecular flexibility index (Phi) is 4.42. The fourth-order valence-corrected chi connectivity index (χ4v) is 1.68. The first-order chi connectivity index (χ1) is 6.02. The molecule has 0 heterocycles. The normalized spacial score (nSPS) is 15.1. The lowest BCUT2D eigenvalue weighted by molar-refractivity contribution is 0.206. The van der Waals surface area contributed by atoms with Gasteiger partial charge in [-0.1, -0.05) is 53.2 Å². The molecule has 0 nitrogen and oxygen atoms in total. The van der Waals surface area contributed by atoms with Gasteiger partial charge in [0.2, 0.25) is 0 Å². The standard InChI is InChI=1S/C14H28/c1-11(2)9-12(14(6,7)8)10-13(3,4)5/h9,12H,10H2,1-8H3. The van der Waals surface area contributed by atoms with Gasteiger partial charge in [-0.05, 0) is 37.0 Å². The Morgan fingerprint density at radius 2 is 1.43 bits per heavy atom. The summed E-state index contributed by atoms with van der Waals surface area (Å²) in [6, 6.07) is 0. The van der Waals surface area contributed by atoms with Crippen LogP contribution < -0.4 is 0 Å². The monoisotopic (exact) mass is 196 g/mol. The summed E-state index contributed by atoms with van der Waals surface area (Å²) in [6.07, 6.45) is 3.70. The molecule has 0 aromatic rings. The van der Waals surface area contributed by atoms with Crippen LogP contribution >= 0.6 is 0 Å². The SMILES string of the molecule is CC(C)=CC(CC(C)(C)C)C(C)(C)C. The average Bonchev–Trinajstić information content (AvgIpc) is 1.78.